The number of nitrogens with one attached hydrogen (secondary N) is 1. The van der Waals surface area contributed by atoms with Crippen molar-refractivity contribution in [3.63, 3.8) is 0 Å². The lowest BCUT2D eigenvalue weighted by molar-refractivity contribution is -0.138. The van der Waals surface area contributed by atoms with Gasteiger partial charge < -0.3 is 19.3 Å². The van der Waals surface area contributed by atoms with E-state index in [9.17, 15) is 4.79 Å². The first-order valence-corrected chi connectivity index (χ1v) is 9.90. The highest BCUT2D eigenvalue weighted by Gasteiger charge is 2.30. The summed E-state index contributed by atoms with van der Waals surface area (Å²) in [6, 6.07) is 14.7. The number of carboxylic acids is 1. The summed E-state index contributed by atoms with van der Waals surface area (Å²) in [6.07, 6.45) is 0. The average Bonchev–Trinajstić information content (AvgIpc) is 3.18. The molecule has 1 heterocycles. The topological polar surface area (TPSA) is 77.0 Å². The second kappa shape index (κ2) is 9.53. The summed E-state index contributed by atoms with van der Waals surface area (Å²) in [7, 11) is 0. The molecule has 0 aliphatic carbocycles. The van der Waals surface area contributed by atoms with Gasteiger partial charge in [-0.3, -0.25) is 10.1 Å². The minimum atomic E-state index is -0.818. The molecule has 0 bridgehead atoms. The van der Waals surface area contributed by atoms with E-state index >= 15 is 0 Å². The van der Waals surface area contributed by atoms with Crippen molar-refractivity contribution in [2.75, 3.05) is 25.6 Å². The molecule has 1 aliphatic rings. The maximum Gasteiger partial charge on any atom is 0.321 e. The third kappa shape index (κ3) is 5.30. The monoisotopic (exact) mass is 389 g/mol. The van der Waals surface area contributed by atoms with Crippen LogP contribution in [-0.2, 0) is 4.79 Å². The molecule has 2 aromatic carbocycles. The smallest absolute Gasteiger partial charge is 0.321 e. The van der Waals surface area contributed by atoms with Crippen LogP contribution in [0.1, 0.15) is 17.9 Å². The number of rotatable bonds is 9. The number of ether oxygens (including phenoxy) is 3. The third-order valence-electron chi connectivity index (χ3n) is 4.00. The fraction of sp³-hybridized carbons (Fsp3) is 0.350. The molecular formula is C20H23NO5S. The zero-order valence-corrected chi connectivity index (χ0v) is 15.9. The van der Waals surface area contributed by atoms with Crippen molar-refractivity contribution in [3.05, 3.63) is 54.1 Å². The van der Waals surface area contributed by atoms with E-state index in [1.807, 2.05) is 55.5 Å². The number of hydrogen-bond acceptors (Lipinski definition) is 6. The normalized spacial score (nSPS) is 18.9. The standard InChI is InChI=1S/C20H23NO5S/c1-2-24-17-8-3-4-9-18(17)26-11-10-25-15-7-5-6-14(12-15)19-21-16(13-27-19)20(22)23/h3-9,12,16,19,21H,2,10-11,13H2,1H3,(H,22,23). The molecule has 0 radical (unpaired) electrons. The van der Waals surface area contributed by atoms with Crippen molar-refractivity contribution in [1.82, 2.24) is 5.32 Å². The average molecular weight is 389 g/mol. The maximum absolute atomic E-state index is 11.1. The molecule has 0 aromatic heterocycles. The van der Waals surface area contributed by atoms with Gasteiger partial charge in [0.05, 0.1) is 12.0 Å². The van der Waals surface area contributed by atoms with Crippen molar-refractivity contribution >= 4 is 17.7 Å². The predicted octanol–water partition coefficient (Wildman–Crippen LogP) is 3.33. The molecule has 7 heteroatoms. The molecule has 2 unspecified atom stereocenters. The lowest BCUT2D eigenvalue weighted by Gasteiger charge is -2.14. The first kappa shape index (κ1) is 19.4. The summed E-state index contributed by atoms with van der Waals surface area (Å²) in [6.45, 7) is 3.31. The number of aliphatic carboxylic acids is 1. The van der Waals surface area contributed by atoms with Crippen LogP contribution < -0.4 is 19.5 Å². The van der Waals surface area contributed by atoms with Gasteiger partial charge >= 0.3 is 5.97 Å². The second-order valence-corrected chi connectivity index (χ2v) is 7.06. The van der Waals surface area contributed by atoms with Gasteiger partial charge in [0.25, 0.3) is 0 Å². The summed E-state index contributed by atoms with van der Waals surface area (Å²) in [5, 5.41) is 12.2. The molecule has 2 N–H and O–H groups in total. The van der Waals surface area contributed by atoms with Gasteiger partial charge in [-0.15, -0.1) is 11.8 Å². The van der Waals surface area contributed by atoms with Crippen molar-refractivity contribution < 1.29 is 24.1 Å². The van der Waals surface area contributed by atoms with E-state index in [1.54, 1.807) is 11.8 Å². The molecule has 1 aliphatic heterocycles. The molecule has 0 spiro atoms. The molecule has 6 nitrogen and oxygen atoms in total. The fourth-order valence-corrected chi connectivity index (χ4v) is 3.95. The Morgan fingerprint density at radius 2 is 1.85 bits per heavy atom. The van der Waals surface area contributed by atoms with Crippen molar-refractivity contribution in [2.45, 2.75) is 18.3 Å². The van der Waals surface area contributed by atoms with Crippen molar-refractivity contribution in [2.24, 2.45) is 0 Å². The maximum atomic E-state index is 11.1. The number of carboxylic acid groups (broad SMARTS) is 1. The second-order valence-electron chi connectivity index (χ2n) is 5.92. The summed E-state index contributed by atoms with van der Waals surface area (Å²) in [5.41, 5.74) is 1.00. The van der Waals surface area contributed by atoms with Gasteiger partial charge in [0, 0.05) is 5.75 Å². The van der Waals surface area contributed by atoms with Crippen LogP contribution in [0, 0.1) is 0 Å². The molecule has 27 heavy (non-hydrogen) atoms. The van der Waals surface area contributed by atoms with Crippen LogP contribution in [0.15, 0.2) is 48.5 Å². The number of para-hydroxylation sites is 2. The fourth-order valence-electron chi connectivity index (χ4n) is 2.73. The van der Waals surface area contributed by atoms with E-state index in [-0.39, 0.29) is 5.37 Å². The van der Waals surface area contributed by atoms with Crippen LogP contribution in [0.5, 0.6) is 17.2 Å². The Balaban J connectivity index is 1.50. The molecular weight excluding hydrogens is 366 g/mol. The molecule has 2 atom stereocenters. The van der Waals surface area contributed by atoms with Gasteiger partial charge in [0.15, 0.2) is 11.5 Å². The van der Waals surface area contributed by atoms with E-state index in [0.717, 1.165) is 17.1 Å². The van der Waals surface area contributed by atoms with E-state index in [2.05, 4.69) is 5.32 Å². The van der Waals surface area contributed by atoms with E-state index < -0.39 is 12.0 Å². The summed E-state index contributed by atoms with van der Waals surface area (Å²) in [5.74, 6) is 1.89. The van der Waals surface area contributed by atoms with E-state index in [4.69, 9.17) is 19.3 Å². The minimum absolute atomic E-state index is 0.0380. The van der Waals surface area contributed by atoms with Crippen molar-refractivity contribution in [1.29, 1.82) is 0 Å². The van der Waals surface area contributed by atoms with Crippen LogP contribution in [0.3, 0.4) is 0 Å². The third-order valence-corrected chi connectivity index (χ3v) is 5.27. The largest absolute Gasteiger partial charge is 0.490 e. The molecule has 1 saturated heterocycles. The van der Waals surface area contributed by atoms with Gasteiger partial charge in [-0.1, -0.05) is 24.3 Å². The molecule has 3 rings (SSSR count). The van der Waals surface area contributed by atoms with Gasteiger partial charge in [-0.2, -0.15) is 0 Å². The highest BCUT2D eigenvalue weighted by atomic mass is 32.2. The lowest BCUT2D eigenvalue weighted by atomic mass is 10.2. The molecule has 144 valence electrons. The van der Waals surface area contributed by atoms with E-state index in [0.29, 0.717) is 31.3 Å². The van der Waals surface area contributed by atoms with Crippen LogP contribution >= 0.6 is 11.8 Å². The Labute approximate surface area is 162 Å². The Morgan fingerprint density at radius 3 is 2.56 bits per heavy atom. The first-order chi connectivity index (χ1) is 13.2. The summed E-state index contributed by atoms with van der Waals surface area (Å²) < 4.78 is 17.1. The summed E-state index contributed by atoms with van der Waals surface area (Å²) in [4.78, 5) is 11.1. The zero-order valence-electron chi connectivity index (χ0n) is 15.1. The van der Waals surface area contributed by atoms with Crippen molar-refractivity contribution in [3.8, 4) is 17.2 Å². The van der Waals surface area contributed by atoms with Crippen LogP contribution in [-0.4, -0.2) is 42.7 Å². The van der Waals surface area contributed by atoms with E-state index in [1.165, 1.54) is 0 Å². The first-order valence-electron chi connectivity index (χ1n) is 8.85. The van der Waals surface area contributed by atoms with Gasteiger partial charge in [0.2, 0.25) is 0 Å². The number of thioether (sulfide) groups is 1. The molecule has 0 amide bonds. The minimum Gasteiger partial charge on any atom is -0.490 e. The number of benzene rings is 2. The van der Waals surface area contributed by atoms with Crippen LogP contribution in [0.2, 0.25) is 0 Å². The Bertz CT molecular complexity index is 770. The molecule has 2 aromatic rings. The van der Waals surface area contributed by atoms with Gasteiger partial charge in [-0.25, -0.2) is 0 Å². The number of hydrogen-bond donors (Lipinski definition) is 2. The Kier molecular flexibility index (Phi) is 6.84. The summed E-state index contributed by atoms with van der Waals surface area (Å²) >= 11 is 1.59. The SMILES string of the molecule is CCOc1ccccc1OCCOc1cccc(C2NC(C(=O)O)CS2)c1. The molecule has 0 saturated carbocycles. The van der Waals surface area contributed by atoms with Crippen LogP contribution in [0.4, 0.5) is 0 Å². The molecule has 1 fully saturated rings. The highest BCUT2D eigenvalue weighted by Crippen LogP contribution is 2.34. The lowest BCUT2D eigenvalue weighted by Crippen LogP contribution is -2.33. The van der Waals surface area contributed by atoms with Crippen LogP contribution in [0.25, 0.3) is 0 Å². The highest BCUT2D eigenvalue weighted by molar-refractivity contribution is 7.99. The van der Waals surface area contributed by atoms with Gasteiger partial charge in [-0.05, 0) is 36.8 Å². The van der Waals surface area contributed by atoms with Gasteiger partial charge in [0.1, 0.15) is 25.0 Å². The number of carbonyl (C=O) groups is 1. The zero-order chi connectivity index (χ0) is 19.1. The predicted molar refractivity (Wildman–Crippen MR) is 105 cm³/mol. The Morgan fingerprint density at radius 1 is 1.11 bits per heavy atom. The quantitative estimate of drug-likeness (QED) is 0.637. The Hall–Kier alpha value is -2.38.